The van der Waals surface area contributed by atoms with Gasteiger partial charge in [0.1, 0.15) is 0 Å². The molecule has 1 aromatic rings. The Labute approximate surface area is 126 Å². The minimum atomic E-state index is 0.611. The van der Waals surface area contributed by atoms with E-state index in [9.17, 15) is 0 Å². The van der Waals surface area contributed by atoms with Crippen molar-refractivity contribution in [3.05, 3.63) is 28.2 Å². The van der Waals surface area contributed by atoms with Crippen molar-refractivity contribution in [2.45, 2.75) is 52.6 Å². The minimum Gasteiger partial charge on any atom is -0.371 e. The Bertz CT molecular complexity index is 375. The molecule has 0 aliphatic heterocycles. The van der Waals surface area contributed by atoms with Crippen LogP contribution in [-0.4, -0.2) is 19.6 Å². The first-order valence-electron chi connectivity index (χ1n) is 7.35. The number of rotatable bonds is 8. The van der Waals surface area contributed by atoms with E-state index in [2.05, 4.69) is 72.2 Å². The number of anilines is 1. The van der Waals surface area contributed by atoms with E-state index in [4.69, 9.17) is 0 Å². The summed E-state index contributed by atoms with van der Waals surface area (Å²) < 4.78 is 1.19. The van der Waals surface area contributed by atoms with E-state index in [-0.39, 0.29) is 0 Å². The molecule has 0 saturated heterocycles. The Morgan fingerprint density at radius 3 is 2.42 bits per heavy atom. The van der Waals surface area contributed by atoms with E-state index in [0.29, 0.717) is 6.04 Å². The van der Waals surface area contributed by atoms with Crippen LogP contribution in [0.5, 0.6) is 0 Å². The summed E-state index contributed by atoms with van der Waals surface area (Å²) in [5.74, 6) is 0. The van der Waals surface area contributed by atoms with Crippen molar-refractivity contribution in [1.82, 2.24) is 5.32 Å². The first kappa shape index (κ1) is 16.5. The number of benzene rings is 1. The number of hydrogen-bond acceptors (Lipinski definition) is 2. The fraction of sp³-hybridized carbons (Fsp3) is 0.625. The molecule has 0 aliphatic carbocycles. The van der Waals surface area contributed by atoms with Gasteiger partial charge in [-0.15, -0.1) is 0 Å². The lowest BCUT2D eigenvalue weighted by Crippen LogP contribution is -2.30. The number of nitrogens with one attached hydrogen (secondary N) is 1. The SMILES string of the molecule is CCCNCc1ccc(N(C)C(CC)CC)c(Br)c1. The van der Waals surface area contributed by atoms with Gasteiger partial charge in [-0.25, -0.2) is 0 Å². The van der Waals surface area contributed by atoms with Crippen LogP contribution >= 0.6 is 15.9 Å². The fourth-order valence-corrected chi connectivity index (χ4v) is 3.09. The highest BCUT2D eigenvalue weighted by atomic mass is 79.9. The molecule has 3 heteroatoms. The van der Waals surface area contributed by atoms with E-state index in [1.807, 2.05) is 0 Å². The molecule has 0 heterocycles. The Balaban J connectivity index is 2.76. The molecule has 19 heavy (non-hydrogen) atoms. The molecule has 1 rings (SSSR count). The number of hydrogen-bond donors (Lipinski definition) is 1. The summed E-state index contributed by atoms with van der Waals surface area (Å²) >= 11 is 3.71. The molecule has 0 amide bonds. The maximum Gasteiger partial charge on any atom is 0.0510 e. The molecule has 0 saturated carbocycles. The van der Waals surface area contributed by atoms with E-state index < -0.39 is 0 Å². The highest BCUT2D eigenvalue weighted by molar-refractivity contribution is 9.10. The first-order valence-corrected chi connectivity index (χ1v) is 8.15. The molecule has 0 aliphatic rings. The molecule has 0 bridgehead atoms. The second kappa shape index (κ2) is 8.60. The highest BCUT2D eigenvalue weighted by Gasteiger charge is 2.13. The molecule has 0 aromatic heterocycles. The predicted octanol–water partition coefficient (Wildman–Crippen LogP) is 4.57. The quantitative estimate of drug-likeness (QED) is 0.704. The lowest BCUT2D eigenvalue weighted by molar-refractivity contribution is 0.591. The zero-order chi connectivity index (χ0) is 14.3. The minimum absolute atomic E-state index is 0.611. The van der Waals surface area contributed by atoms with Crippen molar-refractivity contribution in [1.29, 1.82) is 0 Å². The molecular formula is C16H27BrN2. The average Bonchev–Trinajstić information content (AvgIpc) is 2.40. The molecule has 0 fully saturated rings. The van der Waals surface area contributed by atoms with Gasteiger partial charge < -0.3 is 10.2 Å². The van der Waals surface area contributed by atoms with E-state index in [1.54, 1.807) is 0 Å². The predicted molar refractivity (Wildman–Crippen MR) is 88.9 cm³/mol. The van der Waals surface area contributed by atoms with Gasteiger partial charge in [0.15, 0.2) is 0 Å². The van der Waals surface area contributed by atoms with Gasteiger partial charge in [0.05, 0.1) is 5.69 Å². The van der Waals surface area contributed by atoms with Gasteiger partial charge in [-0.1, -0.05) is 26.8 Å². The van der Waals surface area contributed by atoms with Crippen LogP contribution in [0.15, 0.2) is 22.7 Å². The van der Waals surface area contributed by atoms with Gasteiger partial charge in [0.25, 0.3) is 0 Å². The molecule has 108 valence electrons. The van der Waals surface area contributed by atoms with Crippen LogP contribution in [0.4, 0.5) is 5.69 Å². The average molecular weight is 327 g/mol. The van der Waals surface area contributed by atoms with Crippen LogP contribution < -0.4 is 10.2 Å². The van der Waals surface area contributed by atoms with E-state index >= 15 is 0 Å². The lowest BCUT2D eigenvalue weighted by atomic mass is 10.1. The van der Waals surface area contributed by atoms with Crippen molar-refractivity contribution < 1.29 is 0 Å². The first-order chi connectivity index (χ1) is 9.13. The van der Waals surface area contributed by atoms with Gasteiger partial charge >= 0.3 is 0 Å². The monoisotopic (exact) mass is 326 g/mol. The largest absolute Gasteiger partial charge is 0.371 e. The third-order valence-corrected chi connectivity index (χ3v) is 4.27. The molecule has 1 N–H and O–H groups in total. The Morgan fingerprint density at radius 1 is 1.21 bits per heavy atom. The van der Waals surface area contributed by atoms with Gasteiger partial charge in [0.2, 0.25) is 0 Å². The van der Waals surface area contributed by atoms with Gasteiger partial charge in [-0.3, -0.25) is 0 Å². The van der Waals surface area contributed by atoms with Crippen LogP contribution in [0.25, 0.3) is 0 Å². The topological polar surface area (TPSA) is 15.3 Å². The lowest BCUT2D eigenvalue weighted by Gasteiger charge is -2.29. The normalized spacial score (nSPS) is 11.1. The van der Waals surface area contributed by atoms with Crippen molar-refractivity contribution in [2.24, 2.45) is 0 Å². The highest BCUT2D eigenvalue weighted by Crippen LogP contribution is 2.29. The van der Waals surface area contributed by atoms with Gasteiger partial charge in [-0.2, -0.15) is 0 Å². The third kappa shape index (κ3) is 4.81. The zero-order valence-corrected chi connectivity index (χ0v) is 14.3. The summed E-state index contributed by atoms with van der Waals surface area (Å²) in [6.45, 7) is 8.72. The molecule has 0 spiro atoms. The molecule has 1 aromatic carbocycles. The van der Waals surface area contributed by atoms with Crippen LogP contribution in [-0.2, 0) is 6.54 Å². The molecular weight excluding hydrogens is 300 g/mol. The molecule has 0 radical (unpaired) electrons. The van der Waals surface area contributed by atoms with Gasteiger partial charge in [0, 0.05) is 24.1 Å². The van der Waals surface area contributed by atoms with E-state index in [0.717, 1.165) is 13.1 Å². The van der Waals surface area contributed by atoms with Crippen LogP contribution in [0.3, 0.4) is 0 Å². The van der Waals surface area contributed by atoms with Gasteiger partial charge in [-0.05, 0) is 59.4 Å². The molecule has 0 unspecified atom stereocenters. The van der Waals surface area contributed by atoms with Crippen molar-refractivity contribution in [3.8, 4) is 0 Å². The maximum absolute atomic E-state index is 3.71. The summed E-state index contributed by atoms with van der Waals surface area (Å²) in [7, 11) is 2.19. The summed E-state index contributed by atoms with van der Waals surface area (Å²) in [5.41, 5.74) is 2.62. The zero-order valence-electron chi connectivity index (χ0n) is 12.7. The van der Waals surface area contributed by atoms with Crippen molar-refractivity contribution >= 4 is 21.6 Å². The van der Waals surface area contributed by atoms with Crippen molar-refractivity contribution in [3.63, 3.8) is 0 Å². The number of nitrogens with zero attached hydrogens (tertiary/aromatic N) is 1. The summed E-state index contributed by atoms with van der Waals surface area (Å²) in [6, 6.07) is 7.30. The Kier molecular flexibility index (Phi) is 7.47. The van der Waals surface area contributed by atoms with Crippen molar-refractivity contribution in [2.75, 3.05) is 18.5 Å². The molecule has 0 atom stereocenters. The Hall–Kier alpha value is -0.540. The second-order valence-corrected chi connectivity index (χ2v) is 5.90. The smallest absolute Gasteiger partial charge is 0.0510 e. The number of halogens is 1. The van der Waals surface area contributed by atoms with Crippen LogP contribution in [0, 0.1) is 0 Å². The molecule has 2 nitrogen and oxygen atoms in total. The third-order valence-electron chi connectivity index (χ3n) is 3.64. The van der Waals surface area contributed by atoms with Crippen LogP contribution in [0.1, 0.15) is 45.6 Å². The Morgan fingerprint density at radius 2 is 1.89 bits per heavy atom. The fourth-order valence-electron chi connectivity index (χ4n) is 2.39. The van der Waals surface area contributed by atoms with Crippen LogP contribution in [0.2, 0.25) is 0 Å². The summed E-state index contributed by atoms with van der Waals surface area (Å²) in [6.07, 6.45) is 3.54. The van der Waals surface area contributed by atoms with E-state index in [1.165, 1.54) is 35.0 Å². The summed E-state index contributed by atoms with van der Waals surface area (Å²) in [5, 5.41) is 3.44. The summed E-state index contributed by atoms with van der Waals surface area (Å²) in [4.78, 5) is 2.38. The second-order valence-electron chi connectivity index (χ2n) is 5.04. The maximum atomic E-state index is 3.71. The standard InChI is InChI=1S/C16H27BrN2/c1-5-10-18-12-13-8-9-16(15(17)11-13)19(4)14(6-2)7-3/h8-9,11,14,18H,5-7,10,12H2,1-4H3.